The summed E-state index contributed by atoms with van der Waals surface area (Å²) in [5.41, 5.74) is 1.21. The van der Waals surface area contributed by atoms with E-state index in [9.17, 15) is 8.78 Å². The van der Waals surface area contributed by atoms with Crippen LogP contribution in [0.1, 0.15) is 44.6 Å². The van der Waals surface area contributed by atoms with Gasteiger partial charge in [0.1, 0.15) is 0 Å². The molecule has 0 amide bonds. The molecule has 0 heterocycles. The molecule has 1 saturated carbocycles. The van der Waals surface area contributed by atoms with E-state index in [4.69, 9.17) is 11.6 Å². The summed E-state index contributed by atoms with van der Waals surface area (Å²) in [5, 5.41) is 4.28. The lowest BCUT2D eigenvalue weighted by molar-refractivity contribution is -0.0495. The summed E-state index contributed by atoms with van der Waals surface area (Å²) < 4.78 is 26.7. The summed E-state index contributed by atoms with van der Waals surface area (Å²) in [4.78, 5) is 0. The van der Waals surface area contributed by atoms with Gasteiger partial charge in [0.15, 0.2) is 0 Å². The molecule has 1 aliphatic carbocycles. The van der Waals surface area contributed by atoms with Gasteiger partial charge in [-0.3, -0.25) is 0 Å². The van der Waals surface area contributed by atoms with E-state index in [1.54, 1.807) is 0 Å². The number of benzene rings is 1. The molecule has 4 heteroatoms. The third kappa shape index (κ3) is 5.23. The van der Waals surface area contributed by atoms with Gasteiger partial charge < -0.3 is 5.32 Å². The number of alkyl halides is 2. The molecule has 21 heavy (non-hydrogen) atoms. The zero-order chi connectivity index (χ0) is 15.3. The molecule has 1 fully saturated rings. The van der Waals surface area contributed by atoms with Gasteiger partial charge in [0.25, 0.3) is 0 Å². The maximum absolute atomic E-state index is 13.3. The minimum Gasteiger partial charge on any atom is -0.313 e. The number of nitrogens with one attached hydrogen (secondary N) is 1. The Labute approximate surface area is 131 Å². The van der Waals surface area contributed by atoms with Gasteiger partial charge in [-0.25, -0.2) is 8.78 Å². The van der Waals surface area contributed by atoms with Crippen molar-refractivity contribution in [3.05, 3.63) is 34.9 Å². The van der Waals surface area contributed by atoms with Gasteiger partial charge in [-0.05, 0) is 55.8 Å². The van der Waals surface area contributed by atoms with E-state index in [0.717, 1.165) is 24.4 Å². The second kappa shape index (κ2) is 7.55. The van der Waals surface area contributed by atoms with Crippen molar-refractivity contribution < 1.29 is 8.78 Å². The Bertz CT molecular complexity index is 423. The average Bonchev–Trinajstić information content (AvgIpc) is 2.46. The van der Waals surface area contributed by atoms with E-state index >= 15 is 0 Å². The summed E-state index contributed by atoms with van der Waals surface area (Å²) in [7, 11) is 0. The van der Waals surface area contributed by atoms with Crippen LogP contribution < -0.4 is 5.32 Å². The molecule has 118 valence electrons. The molecule has 1 aromatic carbocycles. The molecular weight excluding hydrogens is 292 g/mol. The Balaban J connectivity index is 1.99. The summed E-state index contributed by atoms with van der Waals surface area (Å²) in [6.07, 6.45) is 3.22. The highest BCUT2D eigenvalue weighted by Crippen LogP contribution is 2.38. The van der Waals surface area contributed by atoms with Crippen LogP contribution in [-0.4, -0.2) is 18.5 Å². The first kappa shape index (κ1) is 16.7. The standard InChI is InChI=1S/C17H24ClF2N/c1-2-11-21-16(12-13-3-5-15(18)6-4-13)14-7-9-17(19,20)10-8-14/h3-6,14,16,21H,2,7-12H2,1H3. The normalized spacial score (nSPS) is 20.4. The molecule has 0 spiro atoms. The van der Waals surface area contributed by atoms with E-state index < -0.39 is 5.92 Å². The van der Waals surface area contributed by atoms with Gasteiger partial charge >= 0.3 is 0 Å². The van der Waals surface area contributed by atoms with Crippen LogP contribution in [0.25, 0.3) is 0 Å². The monoisotopic (exact) mass is 315 g/mol. The van der Waals surface area contributed by atoms with Crippen molar-refractivity contribution in [2.75, 3.05) is 6.54 Å². The maximum atomic E-state index is 13.3. The number of rotatable bonds is 6. The lowest BCUT2D eigenvalue weighted by Crippen LogP contribution is -2.41. The van der Waals surface area contributed by atoms with Gasteiger partial charge in [-0.15, -0.1) is 0 Å². The predicted molar refractivity (Wildman–Crippen MR) is 84.1 cm³/mol. The van der Waals surface area contributed by atoms with E-state index in [0.29, 0.717) is 18.8 Å². The van der Waals surface area contributed by atoms with Crippen molar-refractivity contribution in [1.82, 2.24) is 5.32 Å². The van der Waals surface area contributed by atoms with Crippen molar-refractivity contribution in [2.24, 2.45) is 5.92 Å². The van der Waals surface area contributed by atoms with Gasteiger partial charge in [0.2, 0.25) is 5.92 Å². The van der Waals surface area contributed by atoms with Crippen LogP contribution in [0.2, 0.25) is 5.02 Å². The first-order chi connectivity index (χ1) is 10.00. The second-order valence-corrected chi connectivity index (χ2v) is 6.52. The van der Waals surface area contributed by atoms with Crippen LogP contribution >= 0.6 is 11.6 Å². The fourth-order valence-corrected chi connectivity index (χ4v) is 3.20. The molecular formula is C17H24ClF2N. The fraction of sp³-hybridized carbons (Fsp3) is 0.647. The van der Waals surface area contributed by atoms with Crippen LogP contribution in [0.3, 0.4) is 0 Å². The highest BCUT2D eigenvalue weighted by Gasteiger charge is 2.37. The van der Waals surface area contributed by atoms with Crippen LogP contribution in [0.15, 0.2) is 24.3 Å². The molecule has 1 unspecified atom stereocenters. The van der Waals surface area contributed by atoms with Crippen molar-refractivity contribution in [3.63, 3.8) is 0 Å². The summed E-state index contributed by atoms with van der Waals surface area (Å²) >= 11 is 5.91. The lowest BCUT2D eigenvalue weighted by Gasteiger charge is -2.34. The second-order valence-electron chi connectivity index (χ2n) is 6.08. The lowest BCUT2D eigenvalue weighted by atomic mass is 9.80. The molecule has 0 bridgehead atoms. The largest absolute Gasteiger partial charge is 0.313 e. The van der Waals surface area contributed by atoms with Crippen molar-refractivity contribution in [2.45, 2.75) is 57.4 Å². The molecule has 2 rings (SSSR count). The topological polar surface area (TPSA) is 12.0 Å². The Morgan fingerprint density at radius 3 is 2.43 bits per heavy atom. The van der Waals surface area contributed by atoms with Gasteiger partial charge in [-0.2, -0.15) is 0 Å². The molecule has 0 radical (unpaired) electrons. The summed E-state index contributed by atoms with van der Waals surface area (Å²) in [5.74, 6) is -2.11. The van der Waals surface area contributed by atoms with Crippen molar-refractivity contribution in [1.29, 1.82) is 0 Å². The Morgan fingerprint density at radius 1 is 1.24 bits per heavy atom. The quantitative estimate of drug-likeness (QED) is 0.772. The summed E-state index contributed by atoms with van der Waals surface area (Å²) in [6.45, 7) is 3.06. The van der Waals surface area contributed by atoms with Crippen LogP contribution in [-0.2, 0) is 6.42 Å². The average molecular weight is 316 g/mol. The first-order valence-corrected chi connectivity index (χ1v) is 8.23. The molecule has 1 aliphatic rings. The molecule has 0 aliphatic heterocycles. The highest BCUT2D eigenvalue weighted by molar-refractivity contribution is 6.30. The van der Waals surface area contributed by atoms with E-state index in [1.165, 1.54) is 5.56 Å². The first-order valence-electron chi connectivity index (χ1n) is 7.86. The van der Waals surface area contributed by atoms with Crippen molar-refractivity contribution in [3.8, 4) is 0 Å². The maximum Gasteiger partial charge on any atom is 0.248 e. The number of halogens is 3. The highest BCUT2D eigenvalue weighted by atomic mass is 35.5. The van der Waals surface area contributed by atoms with Crippen LogP contribution in [0.5, 0.6) is 0 Å². The molecule has 1 atom stereocenters. The SMILES string of the molecule is CCCNC(Cc1ccc(Cl)cc1)C1CCC(F)(F)CC1. The van der Waals surface area contributed by atoms with Crippen LogP contribution in [0.4, 0.5) is 8.78 Å². The zero-order valence-corrected chi connectivity index (χ0v) is 13.3. The predicted octanol–water partition coefficient (Wildman–Crippen LogP) is 5.08. The van der Waals surface area contributed by atoms with Crippen LogP contribution in [0, 0.1) is 5.92 Å². The van der Waals surface area contributed by atoms with Gasteiger partial charge in [0, 0.05) is 23.9 Å². The van der Waals surface area contributed by atoms with E-state index in [2.05, 4.69) is 12.2 Å². The zero-order valence-electron chi connectivity index (χ0n) is 12.5. The number of hydrogen-bond acceptors (Lipinski definition) is 1. The number of hydrogen-bond donors (Lipinski definition) is 1. The summed E-state index contributed by atoms with van der Waals surface area (Å²) in [6, 6.07) is 8.12. The third-order valence-corrected chi connectivity index (χ3v) is 4.61. The molecule has 0 saturated heterocycles. The Morgan fingerprint density at radius 2 is 1.86 bits per heavy atom. The minimum absolute atomic E-state index is 0.0303. The Kier molecular flexibility index (Phi) is 6.00. The van der Waals surface area contributed by atoms with E-state index in [-0.39, 0.29) is 18.9 Å². The molecule has 1 nitrogen and oxygen atoms in total. The molecule has 1 N–H and O–H groups in total. The smallest absolute Gasteiger partial charge is 0.248 e. The fourth-order valence-electron chi connectivity index (χ4n) is 3.07. The minimum atomic E-state index is -2.45. The third-order valence-electron chi connectivity index (χ3n) is 4.36. The van der Waals surface area contributed by atoms with Gasteiger partial charge in [-0.1, -0.05) is 30.7 Å². The molecule has 1 aromatic rings. The van der Waals surface area contributed by atoms with E-state index in [1.807, 2.05) is 24.3 Å². The Hall–Kier alpha value is -0.670. The molecule has 0 aromatic heterocycles. The van der Waals surface area contributed by atoms with Gasteiger partial charge in [0.05, 0.1) is 0 Å². The van der Waals surface area contributed by atoms with Crippen molar-refractivity contribution >= 4 is 11.6 Å².